The van der Waals surface area contributed by atoms with Gasteiger partial charge in [-0.15, -0.1) is 0 Å². The van der Waals surface area contributed by atoms with Crippen LogP contribution in [-0.2, 0) is 14.3 Å². The summed E-state index contributed by atoms with van der Waals surface area (Å²) in [4.78, 5) is 14.2. The smallest absolute Gasteiger partial charge is 0.238 e. The van der Waals surface area contributed by atoms with Gasteiger partial charge in [0.1, 0.15) is 0 Å². The van der Waals surface area contributed by atoms with E-state index >= 15 is 0 Å². The van der Waals surface area contributed by atoms with E-state index in [-0.39, 0.29) is 5.91 Å². The van der Waals surface area contributed by atoms with Crippen molar-refractivity contribution < 1.29 is 14.3 Å². The number of nitrogens with one attached hydrogen (secondary N) is 1. The fourth-order valence-electron chi connectivity index (χ4n) is 2.09. The number of nitrogens with zero attached hydrogens (tertiary/aromatic N) is 1. The van der Waals surface area contributed by atoms with Gasteiger partial charge in [-0.05, 0) is 23.6 Å². The second-order valence-electron chi connectivity index (χ2n) is 5.59. The monoisotopic (exact) mass is 308 g/mol. The van der Waals surface area contributed by atoms with Gasteiger partial charge in [0.05, 0.1) is 19.8 Å². The first kappa shape index (κ1) is 18.6. The van der Waals surface area contributed by atoms with Crippen LogP contribution >= 0.6 is 0 Å². The van der Waals surface area contributed by atoms with E-state index in [0.717, 1.165) is 5.69 Å². The lowest BCUT2D eigenvalue weighted by atomic mass is 10.0. The minimum atomic E-state index is -0.0203. The Bertz CT molecular complexity index is 441. The predicted octanol–water partition coefficient (Wildman–Crippen LogP) is 2.34. The molecule has 1 aromatic carbocycles. The van der Waals surface area contributed by atoms with Crippen LogP contribution in [0.5, 0.6) is 0 Å². The quantitative estimate of drug-likeness (QED) is 0.721. The average molecular weight is 308 g/mol. The third-order valence-corrected chi connectivity index (χ3v) is 3.43. The normalized spacial score (nSPS) is 11.2. The molecule has 1 rings (SSSR count). The summed E-state index contributed by atoms with van der Waals surface area (Å²) < 4.78 is 10.2. The van der Waals surface area contributed by atoms with Crippen molar-refractivity contribution in [2.45, 2.75) is 19.8 Å². The number of hydrogen-bond donors (Lipinski definition) is 1. The lowest BCUT2D eigenvalue weighted by molar-refractivity contribution is -0.117. The molecular formula is C17H28N2O3. The zero-order valence-electron chi connectivity index (χ0n) is 14.1. The van der Waals surface area contributed by atoms with Crippen LogP contribution in [0.2, 0.25) is 0 Å². The number of benzene rings is 1. The van der Waals surface area contributed by atoms with Crippen LogP contribution in [0.3, 0.4) is 0 Å². The molecular weight excluding hydrogens is 280 g/mol. The van der Waals surface area contributed by atoms with Crippen molar-refractivity contribution in [3.8, 4) is 0 Å². The van der Waals surface area contributed by atoms with E-state index in [4.69, 9.17) is 9.47 Å². The molecule has 0 heterocycles. The van der Waals surface area contributed by atoms with Gasteiger partial charge in [0.15, 0.2) is 0 Å². The average Bonchev–Trinajstić information content (AvgIpc) is 2.50. The second-order valence-corrected chi connectivity index (χ2v) is 5.59. The first-order valence-electron chi connectivity index (χ1n) is 7.66. The number of carbonyl (C=O) groups excluding carboxylic acids is 1. The van der Waals surface area contributed by atoms with Gasteiger partial charge in [0, 0.05) is 33.0 Å². The molecule has 1 amide bonds. The molecule has 5 nitrogen and oxygen atoms in total. The maximum atomic E-state index is 12.2. The maximum absolute atomic E-state index is 12.2. The molecule has 0 unspecified atom stereocenters. The lowest BCUT2D eigenvalue weighted by Crippen LogP contribution is -2.37. The van der Waals surface area contributed by atoms with Gasteiger partial charge < -0.3 is 14.8 Å². The van der Waals surface area contributed by atoms with Crippen LogP contribution in [-0.4, -0.2) is 57.9 Å². The summed E-state index contributed by atoms with van der Waals surface area (Å²) in [6.45, 7) is 7.22. The molecule has 0 aromatic heterocycles. The molecule has 0 saturated carbocycles. The van der Waals surface area contributed by atoms with E-state index in [1.165, 1.54) is 5.56 Å². The Morgan fingerprint density at radius 2 is 1.82 bits per heavy atom. The summed E-state index contributed by atoms with van der Waals surface area (Å²) in [6.07, 6.45) is 0. The minimum absolute atomic E-state index is 0.0203. The summed E-state index contributed by atoms with van der Waals surface area (Å²) in [5, 5.41) is 2.96. The van der Waals surface area contributed by atoms with E-state index in [2.05, 4.69) is 25.2 Å². The summed E-state index contributed by atoms with van der Waals surface area (Å²) in [5.41, 5.74) is 2.06. The number of methoxy groups -OCH3 is 2. The fourth-order valence-corrected chi connectivity index (χ4v) is 2.09. The molecule has 0 radical (unpaired) electrons. The van der Waals surface area contributed by atoms with Crippen molar-refractivity contribution in [1.82, 2.24) is 4.90 Å². The van der Waals surface area contributed by atoms with Crippen molar-refractivity contribution in [2.75, 3.05) is 52.4 Å². The van der Waals surface area contributed by atoms with Crippen molar-refractivity contribution in [2.24, 2.45) is 0 Å². The number of carbonyl (C=O) groups is 1. The van der Waals surface area contributed by atoms with Crippen LogP contribution in [0.4, 0.5) is 5.69 Å². The van der Waals surface area contributed by atoms with E-state index < -0.39 is 0 Å². The van der Waals surface area contributed by atoms with Gasteiger partial charge in [0.25, 0.3) is 0 Å². The van der Waals surface area contributed by atoms with E-state index in [1.54, 1.807) is 14.2 Å². The first-order chi connectivity index (χ1) is 10.6. The number of amides is 1. The first-order valence-corrected chi connectivity index (χ1v) is 7.66. The zero-order valence-corrected chi connectivity index (χ0v) is 14.1. The zero-order chi connectivity index (χ0) is 16.4. The molecule has 0 aliphatic rings. The Balaban J connectivity index is 2.56. The van der Waals surface area contributed by atoms with Crippen molar-refractivity contribution in [1.29, 1.82) is 0 Å². The Hall–Kier alpha value is -1.43. The van der Waals surface area contributed by atoms with Crippen molar-refractivity contribution in [3.63, 3.8) is 0 Å². The molecule has 1 aromatic rings. The van der Waals surface area contributed by atoms with Gasteiger partial charge in [-0.2, -0.15) is 0 Å². The van der Waals surface area contributed by atoms with E-state index in [1.807, 2.05) is 23.1 Å². The molecule has 0 spiro atoms. The molecule has 1 N–H and O–H groups in total. The third-order valence-electron chi connectivity index (χ3n) is 3.43. The van der Waals surface area contributed by atoms with Gasteiger partial charge >= 0.3 is 0 Å². The number of anilines is 1. The highest BCUT2D eigenvalue weighted by atomic mass is 16.5. The number of hydrogen-bond acceptors (Lipinski definition) is 4. The van der Waals surface area contributed by atoms with Gasteiger partial charge in [-0.3, -0.25) is 9.69 Å². The van der Waals surface area contributed by atoms with Crippen LogP contribution < -0.4 is 5.32 Å². The molecule has 0 bridgehead atoms. The molecule has 0 saturated heterocycles. The minimum Gasteiger partial charge on any atom is -0.383 e. The highest BCUT2D eigenvalue weighted by molar-refractivity contribution is 5.92. The fraction of sp³-hybridized carbons (Fsp3) is 0.588. The van der Waals surface area contributed by atoms with Crippen LogP contribution in [0, 0.1) is 0 Å². The number of ether oxygens (including phenoxy) is 2. The van der Waals surface area contributed by atoms with E-state index in [9.17, 15) is 4.79 Å². The second kappa shape index (κ2) is 10.3. The summed E-state index contributed by atoms with van der Waals surface area (Å²) in [5.74, 6) is 0.421. The standard InChI is InChI=1S/C17H28N2O3/c1-14(2)15-6-5-7-16(12-15)18-17(20)13-19(8-10-21-3)9-11-22-4/h5-7,12,14H,8-11,13H2,1-4H3,(H,18,20). The van der Waals surface area contributed by atoms with Crippen LogP contribution in [0.15, 0.2) is 24.3 Å². The largest absolute Gasteiger partial charge is 0.383 e. The van der Waals surface area contributed by atoms with Crippen molar-refractivity contribution in [3.05, 3.63) is 29.8 Å². The Kier molecular flexibility index (Phi) is 8.74. The Labute approximate surface area is 133 Å². The lowest BCUT2D eigenvalue weighted by Gasteiger charge is -2.21. The Morgan fingerprint density at radius 1 is 1.18 bits per heavy atom. The maximum Gasteiger partial charge on any atom is 0.238 e. The summed E-state index contributed by atoms with van der Waals surface area (Å²) >= 11 is 0. The molecule has 5 heteroatoms. The van der Waals surface area contributed by atoms with Gasteiger partial charge in [-0.1, -0.05) is 26.0 Å². The van der Waals surface area contributed by atoms with Crippen LogP contribution in [0.1, 0.15) is 25.3 Å². The molecule has 0 aliphatic carbocycles. The van der Waals surface area contributed by atoms with Gasteiger partial charge in [-0.25, -0.2) is 0 Å². The van der Waals surface area contributed by atoms with Crippen molar-refractivity contribution >= 4 is 11.6 Å². The molecule has 124 valence electrons. The third kappa shape index (κ3) is 7.02. The molecule has 22 heavy (non-hydrogen) atoms. The van der Waals surface area contributed by atoms with Gasteiger partial charge in [0.2, 0.25) is 5.91 Å². The summed E-state index contributed by atoms with van der Waals surface area (Å²) in [6, 6.07) is 7.98. The molecule has 0 aliphatic heterocycles. The Morgan fingerprint density at radius 3 is 2.36 bits per heavy atom. The highest BCUT2D eigenvalue weighted by Crippen LogP contribution is 2.18. The summed E-state index contributed by atoms with van der Waals surface area (Å²) in [7, 11) is 3.32. The topological polar surface area (TPSA) is 50.8 Å². The molecule has 0 atom stereocenters. The van der Waals surface area contributed by atoms with Crippen LogP contribution in [0.25, 0.3) is 0 Å². The highest BCUT2D eigenvalue weighted by Gasteiger charge is 2.11. The molecule has 0 fully saturated rings. The van der Waals surface area contributed by atoms with E-state index in [0.29, 0.717) is 38.8 Å². The SMILES string of the molecule is COCCN(CCOC)CC(=O)Nc1cccc(C(C)C)c1. The predicted molar refractivity (Wildman–Crippen MR) is 89.4 cm³/mol. The number of rotatable bonds is 10.